The summed E-state index contributed by atoms with van der Waals surface area (Å²) in [5.74, 6) is 0.878. The van der Waals surface area contributed by atoms with Gasteiger partial charge in [0.1, 0.15) is 11.3 Å². The van der Waals surface area contributed by atoms with Crippen LogP contribution in [0.1, 0.15) is 49.4 Å². The van der Waals surface area contributed by atoms with Crippen molar-refractivity contribution in [3.8, 4) is 0 Å². The van der Waals surface area contributed by atoms with Gasteiger partial charge in [0.25, 0.3) is 0 Å². The fraction of sp³-hybridized carbons (Fsp3) is 0.625. The Balaban J connectivity index is 1.81. The van der Waals surface area contributed by atoms with Crippen molar-refractivity contribution in [2.24, 2.45) is 0 Å². The summed E-state index contributed by atoms with van der Waals surface area (Å²) >= 11 is 6.29. The van der Waals surface area contributed by atoms with E-state index in [1.54, 1.807) is 0 Å². The second-order valence-electron chi connectivity index (χ2n) is 5.81. The molecule has 1 aliphatic rings. The molecule has 21 heavy (non-hydrogen) atoms. The van der Waals surface area contributed by atoms with E-state index in [0.717, 1.165) is 29.1 Å². The Kier molecular flexibility index (Phi) is 4.45. The molecule has 0 saturated heterocycles. The third kappa shape index (κ3) is 3.06. The molecule has 1 aliphatic carbocycles. The minimum atomic E-state index is -0.134. The first-order chi connectivity index (χ1) is 10.2. The van der Waals surface area contributed by atoms with Crippen molar-refractivity contribution in [2.75, 3.05) is 6.61 Å². The molecule has 5 heteroatoms. The number of aromatic nitrogens is 3. The molecule has 0 aliphatic heterocycles. The topological polar surface area (TPSA) is 39.9 Å². The second kappa shape index (κ2) is 6.32. The number of halogens is 1. The van der Waals surface area contributed by atoms with Gasteiger partial charge in [-0.2, -0.15) is 0 Å². The van der Waals surface area contributed by atoms with Crippen LogP contribution in [-0.2, 0) is 11.3 Å². The van der Waals surface area contributed by atoms with E-state index < -0.39 is 0 Å². The third-order valence-electron chi connectivity index (χ3n) is 4.19. The molecule has 114 valence electrons. The monoisotopic (exact) mass is 307 g/mol. The van der Waals surface area contributed by atoms with E-state index in [4.69, 9.17) is 16.3 Å². The Morgan fingerprint density at radius 2 is 2.19 bits per heavy atom. The molecule has 3 rings (SSSR count). The standard InChI is InChI=1S/C16H22ClN3O/c1-11-7-8-18-16-14(11)19-15(12(2)17)20(16)9-10-21-13-5-3-4-6-13/h7-8,12-13H,3-6,9-10H2,1-2H3. The van der Waals surface area contributed by atoms with E-state index >= 15 is 0 Å². The number of imidazole rings is 1. The van der Waals surface area contributed by atoms with Gasteiger partial charge < -0.3 is 9.30 Å². The molecule has 2 heterocycles. The molecule has 2 aromatic heterocycles. The fourth-order valence-electron chi connectivity index (χ4n) is 3.05. The quantitative estimate of drug-likeness (QED) is 0.784. The lowest BCUT2D eigenvalue weighted by atomic mass is 10.3. The number of alkyl halides is 1. The molecule has 0 aromatic carbocycles. The van der Waals surface area contributed by atoms with Gasteiger partial charge in [-0.15, -0.1) is 11.6 Å². The first-order valence-electron chi connectivity index (χ1n) is 7.74. The van der Waals surface area contributed by atoms with Gasteiger partial charge in [0, 0.05) is 12.7 Å². The van der Waals surface area contributed by atoms with Gasteiger partial charge in [0.05, 0.1) is 18.1 Å². The van der Waals surface area contributed by atoms with E-state index in [0.29, 0.717) is 12.7 Å². The van der Waals surface area contributed by atoms with Crippen molar-refractivity contribution >= 4 is 22.8 Å². The van der Waals surface area contributed by atoms with Crippen LogP contribution in [0.25, 0.3) is 11.2 Å². The highest BCUT2D eigenvalue weighted by atomic mass is 35.5. The third-order valence-corrected chi connectivity index (χ3v) is 4.39. The molecule has 1 fully saturated rings. The lowest BCUT2D eigenvalue weighted by Crippen LogP contribution is -2.15. The van der Waals surface area contributed by atoms with Crippen LogP contribution in [-0.4, -0.2) is 27.2 Å². The number of ether oxygens (including phenoxy) is 1. The minimum absolute atomic E-state index is 0.134. The molecule has 0 bridgehead atoms. The molecule has 2 aromatic rings. The maximum atomic E-state index is 6.29. The van der Waals surface area contributed by atoms with E-state index in [2.05, 4.69) is 21.5 Å². The van der Waals surface area contributed by atoms with E-state index in [1.165, 1.54) is 25.7 Å². The van der Waals surface area contributed by atoms with Gasteiger partial charge in [0.15, 0.2) is 5.65 Å². The predicted molar refractivity (Wildman–Crippen MR) is 84.7 cm³/mol. The van der Waals surface area contributed by atoms with Gasteiger partial charge in [-0.3, -0.25) is 0 Å². The summed E-state index contributed by atoms with van der Waals surface area (Å²) in [5.41, 5.74) is 2.99. The van der Waals surface area contributed by atoms with E-state index in [-0.39, 0.29) is 5.38 Å². The van der Waals surface area contributed by atoms with E-state index in [9.17, 15) is 0 Å². The molecule has 0 N–H and O–H groups in total. The predicted octanol–water partition coefficient (Wildman–Crippen LogP) is 4.00. The summed E-state index contributed by atoms with van der Waals surface area (Å²) in [7, 11) is 0. The normalized spacial score (nSPS) is 17.7. The van der Waals surface area contributed by atoms with Crippen LogP contribution in [0.5, 0.6) is 0 Å². The number of hydrogen-bond acceptors (Lipinski definition) is 3. The highest BCUT2D eigenvalue weighted by Crippen LogP contribution is 2.25. The molecule has 0 amide bonds. The largest absolute Gasteiger partial charge is 0.376 e. The van der Waals surface area contributed by atoms with Gasteiger partial charge in [-0.25, -0.2) is 9.97 Å². The molecule has 4 nitrogen and oxygen atoms in total. The molecule has 1 atom stereocenters. The zero-order chi connectivity index (χ0) is 14.8. The van der Waals surface area contributed by atoms with Gasteiger partial charge in [-0.1, -0.05) is 12.8 Å². The van der Waals surface area contributed by atoms with Crippen LogP contribution >= 0.6 is 11.6 Å². The summed E-state index contributed by atoms with van der Waals surface area (Å²) in [6.07, 6.45) is 7.25. The molecule has 1 saturated carbocycles. The first kappa shape index (κ1) is 14.8. The van der Waals surface area contributed by atoms with Crippen molar-refractivity contribution in [3.63, 3.8) is 0 Å². The van der Waals surface area contributed by atoms with Gasteiger partial charge >= 0.3 is 0 Å². The zero-order valence-electron chi connectivity index (χ0n) is 12.7. The number of hydrogen-bond donors (Lipinski definition) is 0. The molecule has 0 radical (unpaired) electrons. The van der Waals surface area contributed by atoms with Crippen molar-refractivity contribution in [1.29, 1.82) is 0 Å². The SMILES string of the molecule is Cc1ccnc2c1nc(C(C)Cl)n2CCOC1CCCC1. The first-order valence-corrected chi connectivity index (χ1v) is 8.18. The number of nitrogens with zero attached hydrogens (tertiary/aromatic N) is 3. The summed E-state index contributed by atoms with van der Waals surface area (Å²) in [4.78, 5) is 9.16. The Morgan fingerprint density at radius 1 is 1.43 bits per heavy atom. The van der Waals surface area contributed by atoms with E-state index in [1.807, 2.05) is 19.2 Å². The number of rotatable bonds is 5. The molecular formula is C16H22ClN3O. The summed E-state index contributed by atoms with van der Waals surface area (Å²) in [6, 6.07) is 1.98. The lowest BCUT2D eigenvalue weighted by molar-refractivity contribution is 0.0530. The van der Waals surface area contributed by atoms with Gasteiger partial charge in [-0.05, 0) is 38.3 Å². The highest BCUT2D eigenvalue weighted by Gasteiger charge is 2.18. The van der Waals surface area contributed by atoms with Crippen LogP contribution in [0, 0.1) is 6.92 Å². The average Bonchev–Trinajstić information content (AvgIpc) is 3.08. The Hall–Kier alpha value is -1.13. The van der Waals surface area contributed by atoms with Crippen molar-refractivity contribution in [2.45, 2.75) is 57.6 Å². The second-order valence-corrected chi connectivity index (χ2v) is 6.47. The van der Waals surface area contributed by atoms with Crippen LogP contribution in [0.3, 0.4) is 0 Å². The summed E-state index contributed by atoms with van der Waals surface area (Å²) in [6.45, 7) is 5.46. The Morgan fingerprint density at radius 3 is 2.90 bits per heavy atom. The molecular weight excluding hydrogens is 286 g/mol. The Labute approximate surface area is 130 Å². The summed E-state index contributed by atoms with van der Waals surface area (Å²) < 4.78 is 8.08. The highest BCUT2D eigenvalue weighted by molar-refractivity contribution is 6.20. The van der Waals surface area contributed by atoms with Crippen LogP contribution in [0.2, 0.25) is 0 Å². The lowest BCUT2D eigenvalue weighted by Gasteiger charge is -2.13. The van der Waals surface area contributed by atoms with Crippen molar-refractivity contribution in [1.82, 2.24) is 14.5 Å². The maximum Gasteiger partial charge on any atom is 0.160 e. The number of aryl methyl sites for hydroxylation is 1. The van der Waals surface area contributed by atoms with Crippen LogP contribution < -0.4 is 0 Å². The van der Waals surface area contributed by atoms with Gasteiger partial charge in [0.2, 0.25) is 0 Å². The minimum Gasteiger partial charge on any atom is -0.376 e. The van der Waals surface area contributed by atoms with Crippen molar-refractivity contribution in [3.05, 3.63) is 23.7 Å². The molecule has 1 unspecified atom stereocenters. The smallest absolute Gasteiger partial charge is 0.160 e. The Bertz CT molecular complexity index is 617. The number of fused-ring (bicyclic) bond motifs is 1. The summed E-state index contributed by atoms with van der Waals surface area (Å²) in [5, 5.41) is -0.134. The molecule has 0 spiro atoms. The average molecular weight is 308 g/mol. The number of pyridine rings is 1. The van der Waals surface area contributed by atoms with Crippen molar-refractivity contribution < 1.29 is 4.74 Å². The van der Waals surface area contributed by atoms with Crippen LogP contribution in [0.4, 0.5) is 0 Å². The van der Waals surface area contributed by atoms with Crippen LogP contribution in [0.15, 0.2) is 12.3 Å². The zero-order valence-corrected chi connectivity index (χ0v) is 13.4. The maximum absolute atomic E-state index is 6.29. The fourth-order valence-corrected chi connectivity index (χ4v) is 3.21.